The molecular formula is C15H19NOS. The Labute approximate surface area is 113 Å². The molecule has 0 saturated heterocycles. The third-order valence-corrected chi connectivity index (χ3v) is 4.24. The second kappa shape index (κ2) is 6.12. The Bertz CT molecular complexity index is 507. The molecule has 2 aromatic rings. The molecule has 1 atom stereocenters. The van der Waals surface area contributed by atoms with Crippen molar-refractivity contribution in [3.63, 3.8) is 0 Å². The normalized spacial score (nSPS) is 12.6. The number of aryl methyl sites for hydroxylation is 2. The van der Waals surface area contributed by atoms with Gasteiger partial charge in [0.2, 0.25) is 0 Å². The maximum atomic E-state index is 5.31. The van der Waals surface area contributed by atoms with Crippen LogP contribution in [0.4, 0.5) is 0 Å². The van der Waals surface area contributed by atoms with E-state index in [9.17, 15) is 0 Å². The molecule has 3 heteroatoms. The summed E-state index contributed by atoms with van der Waals surface area (Å²) in [4.78, 5) is 1.22. The zero-order chi connectivity index (χ0) is 13.0. The molecule has 1 heterocycles. The van der Waals surface area contributed by atoms with Crippen LogP contribution in [0.2, 0.25) is 0 Å². The highest BCUT2D eigenvalue weighted by molar-refractivity contribution is 7.99. The van der Waals surface area contributed by atoms with E-state index in [1.165, 1.54) is 16.0 Å². The summed E-state index contributed by atoms with van der Waals surface area (Å²) < 4.78 is 5.31. The first kappa shape index (κ1) is 13.2. The molecule has 96 valence electrons. The van der Waals surface area contributed by atoms with Crippen LogP contribution < -0.4 is 5.32 Å². The van der Waals surface area contributed by atoms with Crippen LogP contribution in [-0.2, 0) is 0 Å². The highest BCUT2D eigenvalue weighted by Gasteiger charge is 2.11. The molecule has 0 amide bonds. The minimum absolute atomic E-state index is 0.365. The van der Waals surface area contributed by atoms with Gasteiger partial charge in [-0.15, -0.1) is 11.8 Å². The van der Waals surface area contributed by atoms with Crippen LogP contribution in [0.3, 0.4) is 0 Å². The number of nitrogens with one attached hydrogen (secondary N) is 1. The predicted octanol–water partition coefficient (Wildman–Crippen LogP) is 3.95. The van der Waals surface area contributed by atoms with Gasteiger partial charge in [-0.25, -0.2) is 0 Å². The fourth-order valence-electron chi connectivity index (χ4n) is 1.93. The number of furan rings is 1. The summed E-state index contributed by atoms with van der Waals surface area (Å²) >= 11 is 1.83. The van der Waals surface area contributed by atoms with Gasteiger partial charge in [-0.1, -0.05) is 29.8 Å². The van der Waals surface area contributed by atoms with E-state index >= 15 is 0 Å². The Balaban J connectivity index is 2.04. The maximum Gasteiger partial charge on any atom is 0.114 e. The van der Waals surface area contributed by atoms with Crippen molar-refractivity contribution >= 4 is 11.8 Å². The molecule has 0 bridgehead atoms. The summed E-state index contributed by atoms with van der Waals surface area (Å²) in [6.07, 6.45) is 1.75. The third-order valence-electron chi connectivity index (χ3n) is 3.01. The van der Waals surface area contributed by atoms with Crippen LogP contribution in [0.5, 0.6) is 0 Å². The van der Waals surface area contributed by atoms with E-state index < -0.39 is 0 Å². The standard InChI is InChI=1S/C15H19NOS/c1-11-5-4-6-13(9-11)14(16-3)10-18-15-7-8-17-12(15)2/h4-9,14,16H,10H2,1-3H3. The molecule has 1 aromatic carbocycles. The second-order valence-electron chi connectivity index (χ2n) is 4.41. The summed E-state index contributed by atoms with van der Waals surface area (Å²) in [5.74, 6) is 2.00. The topological polar surface area (TPSA) is 25.2 Å². The minimum atomic E-state index is 0.365. The van der Waals surface area contributed by atoms with Gasteiger partial charge in [0, 0.05) is 16.7 Å². The van der Waals surface area contributed by atoms with Crippen molar-refractivity contribution in [3.8, 4) is 0 Å². The smallest absolute Gasteiger partial charge is 0.114 e. The lowest BCUT2D eigenvalue weighted by Gasteiger charge is -2.16. The lowest BCUT2D eigenvalue weighted by Crippen LogP contribution is -2.18. The molecule has 0 saturated carbocycles. The highest BCUT2D eigenvalue weighted by atomic mass is 32.2. The van der Waals surface area contributed by atoms with Crippen molar-refractivity contribution in [3.05, 3.63) is 53.5 Å². The van der Waals surface area contributed by atoms with Crippen molar-refractivity contribution in [1.82, 2.24) is 5.32 Å². The largest absolute Gasteiger partial charge is 0.468 e. The van der Waals surface area contributed by atoms with E-state index in [1.54, 1.807) is 6.26 Å². The number of thioether (sulfide) groups is 1. The zero-order valence-corrected chi connectivity index (χ0v) is 11.9. The molecule has 1 aromatic heterocycles. The van der Waals surface area contributed by atoms with Crippen LogP contribution in [0.15, 0.2) is 45.9 Å². The van der Waals surface area contributed by atoms with Crippen molar-refractivity contribution in [2.24, 2.45) is 0 Å². The summed E-state index contributed by atoms with van der Waals surface area (Å²) in [5.41, 5.74) is 2.64. The molecule has 2 rings (SSSR count). The monoisotopic (exact) mass is 261 g/mol. The van der Waals surface area contributed by atoms with Crippen molar-refractivity contribution in [1.29, 1.82) is 0 Å². The predicted molar refractivity (Wildman–Crippen MR) is 77.1 cm³/mol. The van der Waals surface area contributed by atoms with Gasteiger partial charge < -0.3 is 9.73 Å². The first-order valence-electron chi connectivity index (χ1n) is 6.11. The molecule has 0 aliphatic heterocycles. The van der Waals surface area contributed by atoms with Crippen molar-refractivity contribution in [2.75, 3.05) is 12.8 Å². The van der Waals surface area contributed by atoms with Gasteiger partial charge in [0.25, 0.3) is 0 Å². The lowest BCUT2D eigenvalue weighted by atomic mass is 10.1. The molecule has 0 aliphatic carbocycles. The van der Waals surface area contributed by atoms with Crippen molar-refractivity contribution in [2.45, 2.75) is 24.8 Å². The molecule has 0 radical (unpaired) electrons. The molecular weight excluding hydrogens is 242 g/mol. The quantitative estimate of drug-likeness (QED) is 0.825. The second-order valence-corrected chi connectivity index (χ2v) is 5.47. The van der Waals surface area contributed by atoms with E-state index in [0.717, 1.165) is 11.5 Å². The fraction of sp³-hybridized carbons (Fsp3) is 0.333. The van der Waals surface area contributed by atoms with Crippen LogP contribution >= 0.6 is 11.8 Å². The summed E-state index contributed by atoms with van der Waals surface area (Å²) in [5, 5.41) is 3.38. The summed E-state index contributed by atoms with van der Waals surface area (Å²) in [7, 11) is 2.01. The van der Waals surface area contributed by atoms with E-state index in [-0.39, 0.29) is 0 Å². The van der Waals surface area contributed by atoms with Gasteiger partial charge in [-0.2, -0.15) is 0 Å². The number of rotatable bonds is 5. The van der Waals surface area contributed by atoms with Crippen LogP contribution in [0.25, 0.3) is 0 Å². The first-order chi connectivity index (χ1) is 8.70. The van der Waals surface area contributed by atoms with Gasteiger partial charge >= 0.3 is 0 Å². The van der Waals surface area contributed by atoms with Gasteiger partial charge in [-0.05, 0) is 32.5 Å². The van der Waals surface area contributed by atoms with Crippen LogP contribution in [-0.4, -0.2) is 12.8 Å². The van der Waals surface area contributed by atoms with E-state index in [2.05, 4.69) is 36.5 Å². The molecule has 1 N–H and O–H groups in total. The number of benzene rings is 1. The average molecular weight is 261 g/mol. The van der Waals surface area contributed by atoms with Gasteiger partial charge in [-0.3, -0.25) is 0 Å². The number of hydrogen-bond acceptors (Lipinski definition) is 3. The molecule has 2 nitrogen and oxygen atoms in total. The minimum Gasteiger partial charge on any atom is -0.468 e. The van der Waals surface area contributed by atoms with E-state index in [4.69, 9.17) is 4.42 Å². The van der Waals surface area contributed by atoms with Crippen LogP contribution in [0, 0.1) is 13.8 Å². The Morgan fingerprint density at radius 3 is 2.72 bits per heavy atom. The summed E-state index contributed by atoms with van der Waals surface area (Å²) in [6.45, 7) is 4.13. The SMILES string of the molecule is CNC(CSc1ccoc1C)c1cccc(C)c1. The Kier molecular flexibility index (Phi) is 4.50. The zero-order valence-electron chi connectivity index (χ0n) is 11.1. The van der Waals surface area contributed by atoms with E-state index in [0.29, 0.717) is 6.04 Å². The number of hydrogen-bond donors (Lipinski definition) is 1. The Morgan fingerprint density at radius 2 is 2.11 bits per heavy atom. The van der Waals surface area contributed by atoms with Crippen LogP contribution in [0.1, 0.15) is 22.9 Å². The molecule has 0 spiro atoms. The first-order valence-corrected chi connectivity index (χ1v) is 7.10. The molecule has 0 fully saturated rings. The van der Waals surface area contributed by atoms with E-state index in [1.807, 2.05) is 31.8 Å². The molecule has 1 unspecified atom stereocenters. The molecule has 18 heavy (non-hydrogen) atoms. The maximum absolute atomic E-state index is 5.31. The van der Waals surface area contributed by atoms with Gasteiger partial charge in [0.05, 0.1) is 6.26 Å². The Hall–Kier alpha value is -1.19. The average Bonchev–Trinajstić information content (AvgIpc) is 2.76. The third kappa shape index (κ3) is 3.18. The summed E-state index contributed by atoms with van der Waals surface area (Å²) in [6, 6.07) is 11.1. The molecule has 0 aliphatic rings. The fourth-order valence-corrected chi connectivity index (χ4v) is 3.04. The highest BCUT2D eigenvalue weighted by Crippen LogP contribution is 2.27. The van der Waals surface area contributed by atoms with Gasteiger partial charge in [0.15, 0.2) is 0 Å². The van der Waals surface area contributed by atoms with Crippen molar-refractivity contribution < 1.29 is 4.42 Å². The Morgan fingerprint density at radius 1 is 1.28 bits per heavy atom. The van der Waals surface area contributed by atoms with Gasteiger partial charge in [0.1, 0.15) is 5.76 Å². The lowest BCUT2D eigenvalue weighted by molar-refractivity contribution is 0.526.